The number of hydrogen-bond acceptors (Lipinski definition) is 12. The summed E-state index contributed by atoms with van der Waals surface area (Å²) in [6, 6.07) is 144. The van der Waals surface area contributed by atoms with E-state index in [0.29, 0.717) is 28.9 Å². The van der Waals surface area contributed by atoms with E-state index in [4.69, 9.17) is 29.9 Å². The highest BCUT2D eigenvalue weighted by molar-refractivity contribution is 6.19. The van der Waals surface area contributed by atoms with Crippen molar-refractivity contribution >= 4 is 76.3 Å². The zero-order valence-corrected chi connectivity index (χ0v) is 71.0. The maximum absolute atomic E-state index is 5.30. The number of aromatic nitrogens is 16. The largest absolute Gasteiger partial charge is 0.316 e. The van der Waals surface area contributed by atoms with E-state index in [1.54, 1.807) is 37.2 Å². The van der Waals surface area contributed by atoms with Crippen molar-refractivity contribution in [3.05, 3.63) is 462 Å². The van der Waals surface area contributed by atoms with E-state index in [2.05, 4.69) is 352 Å². The number of benzene rings is 12. The summed E-state index contributed by atoms with van der Waals surface area (Å²) in [5.74, 6) is 1.73. The highest BCUT2D eigenvalue weighted by atomic mass is 15.0. The van der Waals surface area contributed by atoms with Crippen molar-refractivity contribution in [1.82, 2.24) is 78.1 Å². The maximum Gasteiger partial charge on any atom is 0.179 e. The molecule has 13 aromatic heterocycles. The topological polar surface area (TPSA) is 174 Å². The molecule has 0 bridgehead atoms. The van der Waals surface area contributed by atoms with Crippen LogP contribution in [0.5, 0.6) is 0 Å². The van der Waals surface area contributed by atoms with Gasteiger partial charge in [0, 0.05) is 132 Å². The molecule has 12 aromatic carbocycles. The Morgan fingerprint density at radius 2 is 0.553 bits per heavy atom. The van der Waals surface area contributed by atoms with Crippen LogP contribution in [0.1, 0.15) is 0 Å². The minimum absolute atomic E-state index is 0.560. The van der Waals surface area contributed by atoms with Gasteiger partial charge in [-0.25, -0.2) is 34.9 Å². The first-order valence-corrected chi connectivity index (χ1v) is 43.7. The first-order valence-electron chi connectivity index (χ1n) is 43.7. The Hall–Kier alpha value is -18.3. The Bertz CT molecular complexity index is 8440. The molecule has 13 heterocycles. The normalized spacial score (nSPS) is 11.3. The van der Waals surface area contributed by atoms with Crippen LogP contribution in [0.15, 0.2) is 462 Å². The second-order valence-electron chi connectivity index (χ2n) is 32.0. The average Bonchev–Trinajstić information content (AvgIpc) is 1.57. The lowest BCUT2D eigenvalue weighted by atomic mass is 10.0. The molecule has 16 nitrogen and oxygen atoms in total. The summed E-state index contributed by atoms with van der Waals surface area (Å²) in [5.41, 5.74) is 29.4. The Morgan fingerprint density at radius 3 is 1.09 bits per heavy atom. The van der Waals surface area contributed by atoms with E-state index in [9.17, 15) is 0 Å². The SMILES string of the molecule is c1ccc(-c2cc3c4ccccc4n(-c4cccc(-c5ccnc(-c6ccccn6)n5)c4)c3c(-c3ccccc3)n2)cc1.c1ccc(-c2ccc3c(c2)c2ccccc2n3-c2cccc(-c3cc(-c4ccccn4)nc(-c4ccccn4)n3)c2)cc1.c1ccc(-n2ccc3c2ccc2c4ccccc4n(-c4cccc(-c5cc(-c6ccccn6)nc(-c6ccccn6)n5)c4)c23)cc1. The number of pyridine rings is 6. The Balaban J connectivity index is 0.000000112. The number of para-hydroxylation sites is 4. The highest BCUT2D eigenvalue weighted by Crippen LogP contribution is 2.44. The molecular weight excluding hydrogens is 1620 g/mol. The molecule has 0 atom stereocenters. The first-order chi connectivity index (χ1) is 65.5. The van der Waals surface area contributed by atoms with Gasteiger partial charge in [-0.05, 0) is 187 Å². The van der Waals surface area contributed by atoms with E-state index < -0.39 is 0 Å². The molecule has 25 rings (SSSR count). The fraction of sp³-hybridized carbons (Fsp3) is 0. The van der Waals surface area contributed by atoms with Gasteiger partial charge in [0.15, 0.2) is 17.5 Å². The molecule has 16 heteroatoms. The van der Waals surface area contributed by atoms with E-state index in [1.807, 2.05) is 121 Å². The van der Waals surface area contributed by atoms with Gasteiger partial charge in [-0.3, -0.25) is 24.9 Å². The predicted molar refractivity (Wildman–Crippen MR) is 533 cm³/mol. The highest BCUT2D eigenvalue weighted by Gasteiger charge is 2.24. The second-order valence-corrected chi connectivity index (χ2v) is 32.0. The van der Waals surface area contributed by atoms with Gasteiger partial charge in [0.25, 0.3) is 0 Å². The summed E-state index contributed by atoms with van der Waals surface area (Å²) >= 11 is 0. The zero-order chi connectivity index (χ0) is 87.6. The number of rotatable bonds is 15. The van der Waals surface area contributed by atoms with E-state index in [0.717, 1.165) is 146 Å². The second kappa shape index (κ2) is 34.6. The van der Waals surface area contributed by atoms with Crippen molar-refractivity contribution in [2.45, 2.75) is 0 Å². The molecule has 0 saturated carbocycles. The van der Waals surface area contributed by atoms with Crippen molar-refractivity contribution in [3.63, 3.8) is 0 Å². The van der Waals surface area contributed by atoms with Crippen molar-refractivity contribution in [2.24, 2.45) is 0 Å². The van der Waals surface area contributed by atoms with Crippen LogP contribution in [-0.2, 0) is 0 Å². The third-order valence-electron chi connectivity index (χ3n) is 23.9. The van der Waals surface area contributed by atoms with Gasteiger partial charge in [0.05, 0.1) is 89.9 Å². The summed E-state index contributed by atoms with van der Waals surface area (Å²) < 4.78 is 9.31. The van der Waals surface area contributed by atoms with Gasteiger partial charge < -0.3 is 18.3 Å². The lowest BCUT2D eigenvalue weighted by Crippen LogP contribution is -1.99. The molecule has 0 N–H and O–H groups in total. The van der Waals surface area contributed by atoms with Crippen LogP contribution in [0.25, 0.3) is 224 Å². The van der Waals surface area contributed by atoms with Crippen LogP contribution in [0.2, 0.25) is 0 Å². The average molecular weight is 1690 g/mol. The molecular formula is C116H76N16. The van der Waals surface area contributed by atoms with Gasteiger partial charge >= 0.3 is 0 Å². The van der Waals surface area contributed by atoms with Crippen LogP contribution < -0.4 is 0 Å². The summed E-state index contributed by atoms with van der Waals surface area (Å²) in [6.07, 6.45) is 12.8. The smallest absolute Gasteiger partial charge is 0.179 e. The molecule has 0 aliphatic rings. The molecule has 620 valence electrons. The minimum Gasteiger partial charge on any atom is -0.316 e. The maximum atomic E-state index is 5.30. The quantitative estimate of drug-likeness (QED) is 0.0951. The van der Waals surface area contributed by atoms with E-state index in [-0.39, 0.29) is 0 Å². The minimum atomic E-state index is 0.560. The fourth-order valence-corrected chi connectivity index (χ4v) is 17.9. The molecule has 0 aliphatic heterocycles. The standard InChI is InChI=1S/C40H26N6.2C38H25N5/c1-2-12-28(13-3-1)45-24-21-32-37(45)20-19-31-30-15-4-5-18-38(30)46(39(31)32)29-14-10-11-27(25-29)35-26-36(33-16-6-8-22-41-33)44-40(43-35)34-17-7-9-23-42-34;1-3-12-26(13-4-1)34-25-31-30-18-7-8-20-35(30)43(37(31)36(41-34)27-14-5-2-6-15-27)29-17-11-16-28(24-29)32-21-23-40-38(42-32)33-19-9-10-22-39-33;1-2-11-26(12-3-1)27-19-20-37-31(24-27)30-15-4-5-18-36(30)43(37)29-14-10-13-28(23-29)34-25-35(32-16-6-8-21-39-32)42-38(41-34)33-17-7-9-22-40-33/h1-26H;2*1-25H. The molecule has 0 saturated heterocycles. The predicted octanol–water partition coefficient (Wildman–Crippen LogP) is 27.4. The van der Waals surface area contributed by atoms with Gasteiger partial charge in [0.1, 0.15) is 17.1 Å². The first kappa shape index (κ1) is 78.4. The molecule has 0 amide bonds. The van der Waals surface area contributed by atoms with E-state index >= 15 is 0 Å². The molecule has 0 spiro atoms. The van der Waals surface area contributed by atoms with Crippen LogP contribution in [-0.4, -0.2) is 78.1 Å². The summed E-state index contributed by atoms with van der Waals surface area (Å²) in [4.78, 5) is 57.0. The van der Waals surface area contributed by atoms with Gasteiger partial charge in [-0.2, -0.15) is 0 Å². The van der Waals surface area contributed by atoms with Crippen LogP contribution in [0.3, 0.4) is 0 Å². The molecule has 0 unspecified atom stereocenters. The molecule has 0 fully saturated rings. The lowest BCUT2D eigenvalue weighted by Gasteiger charge is -2.14. The summed E-state index contributed by atoms with van der Waals surface area (Å²) in [5, 5.41) is 8.41. The van der Waals surface area contributed by atoms with Gasteiger partial charge in [-0.15, -0.1) is 0 Å². The third kappa shape index (κ3) is 15.0. The Labute approximate surface area is 758 Å². The molecule has 0 radical (unpaired) electrons. The van der Waals surface area contributed by atoms with Crippen molar-refractivity contribution < 1.29 is 0 Å². The zero-order valence-electron chi connectivity index (χ0n) is 71.0. The third-order valence-corrected chi connectivity index (χ3v) is 23.9. The summed E-state index contributed by atoms with van der Waals surface area (Å²) in [7, 11) is 0. The van der Waals surface area contributed by atoms with Crippen LogP contribution in [0.4, 0.5) is 0 Å². The van der Waals surface area contributed by atoms with Crippen LogP contribution in [0, 0.1) is 0 Å². The monoisotopic (exact) mass is 1690 g/mol. The molecule has 25 aromatic rings. The Kier molecular flexibility index (Phi) is 20.5. The Morgan fingerprint density at radius 1 is 0.159 bits per heavy atom. The van der Waals surface area contributed by atoms with Crippen molar-refractivity contribution in [3.8, 4) is 147 Å². The number of fused-ring (bicyclic) bond motifs is 11. The van der Waals surface area contributed by atoms with Gasteiger partial charge in [-0.1, -0.05) is 243 Å². The van der Waals surface area contributed by atoms with Crippen molar-refractivity contribution in [1.29, 1.82) is 0 Å². The van der Waals surface area contributed by atoms with Crippen LogP contribution >= 0.6 is 0 Å². The molecule has 0 aliphatic carbocycles. The van der Waals surface area contributed by atoms with Gasteiger partial charge in [0.2, 0.25) is 0 Å². The van der Waals surface area contributed by atoms with E-state index in [1.165, 1.54) is 49.0 Å². The fourth-order valence-electron chi connectivity index (χ4n) is 17.9. The number of nitrogens with zero attached hydrogens (tertiary/aromatic N) is 16. The summed E-state index contributed by atoms with van der Waals surface area (Å²) in [6.45, 7) is 0. The lowest BCUT2D eigenvalue weighted by molar-refractivity contribution is 1.13. The van der Waals surface area contributed by atoms with Crippen molar-refractivity contribution in [2.75, 3.05) is 0 Å². The molecule has 132 heavy (non-hydrogen) atoms. The number of hydrogen-bond donors (Lipinski definition) is 0.